The number of methoxy groups -OCH3 is 1. The topological polar surface area (TPSA) is 99.4 Å². The summed E-state index contributed by atoms with van der Waals surface area (Å²) in [4.78, 5) is 31.7. The SMILES string of the molecule is CCOC(=O)C1=C(C)N=c2sc(=Cc3ccc(O)c(OC)c3)c(=O)n2C1c1ccc(OC(C)C)cc1. The van der Waals surface area contributed by atoms with Gasteiger partial charge in [-0.05, 0) is 69.2 Å². The average Bonchev–Trinajstić information content (AvgIpc) is 3.14. The minimum Gasteiger partial charge on any atom is -0.504 e. The van der Waals surface area contributed by atoms with E-state index in [1.165, 1.54) is 29.1 Å². The van der Waals surface area contributed by atoms with Crippen molar-refractivity contribution in [3.05, 3.63) is 84.5 Å². The van der Waals surface area contributed by atoms with Crippen LogP contribution in [0.25, 0.3) is 6.08 Å². The number of thiazole rings is 1. The lowest BCUT2D eigenvalue weighted by molar-refractivity contribution is -0.139. The van der Waals surface area contributed by atoms with Crippen LogP contribution in [-0.4, -0.2) is 35.5 Å². The highest BCUT2D eigenvalue weighted by atomic mass is 32.1. The summed E-state index contributed by atoms with van der Waals surface area (Å²) in [7, 11) is 1.46. The molecule has 0 saturated heterocycles. The molecule has 1 unspecified atom stereocenters. The normalized spacial score (nSPS) is 15.5. The van der Waals surface area contributed by atoms with E-state index in [9.17, 15) is 14.7 Å². The second kappa shape index (κ2) is 10.4. The lowest BCUT2D eigenvalue weighted by Gasteiger charge is -2.25. The molecular weight excluding hydrogens is 480 g/mol. The molecule has 9 heteroatoms. The third-order valence-corrected chi connectivity index (χ3v) is 6.57. The van der Waals surface area contributed by atoms with E-state index in [4.69, 9.17) is 14.2 Å². The van der Waals surface area contributed by atoms with Crippen molar-refractivity contribution in [2.45, 2.75) is 39.8 Å². The van der Waals surface area contributed by atoms with Gasteiger partial charge < -0.3 is 19.3 Å². The van der Waals surface area contributed by atoms with Crippen molar-refractivity contribution in [1.82, 2.24) is 4.57 Å². The smallest absolute Gasteiger partial charge is 0.338 e. The predicted octanol–water partition coefficient (Wildman–Crippen LogP) is 3.30. The largest absolute Gasteiger partial charge is 0.504 e. The first-order valence-corrected chi connectivity index (χ1v) is 12.4. The fourth-order valence-corrected chi connectivity index (χ4v) is 5.09. The molecule has 0 saturated carbocycles. The average molecular weight is 509 g/mol. The fourth-order valence-electron chi connectivity index (χ4n) is 4.04. The van der Waals surface area contributed by atoms with Gasteiger partial charge in [-0.1, -0.05) is 29.5 Å². The third-order valence-electron chi connectivity index (χ3n) is 5.59. The molecule has 0 aliphatic carbocycles. The zero-order valence-corrected chi connectivity index (χ0v) is 21.6. The maximum absolute atomic E-state index is 13.7. The van der Waals surface area contributed by atoms with Crippen LogP contribution in [0.4, 0.5) is 0 Å². The number of esters is 1. The van der Waals surface area contributed by atoms with E-state index in [1.807, 2.05) is 38.1 Å². The number of aromatic nitrogens is 1. The Bertz CT molecular complexity index is 1500. The van der Waals surface area contributed by atoms with Crippen LogP contribution >= 0.6 is 11.3 Å². The van der Waals surface area contributed by atoms with Gasteiger partial charge in [-0.3, -0.25) is 9.36 Å². The Kier molecular flexibility index (Phi) is 7.30. The van der Waals surface area contributed by atoms with Crippen LogP contribution in [0.3, 0.4) is 0 Å². The number of carbonyl (C=O) groups excluding carboxylic acids is 1. The minimum atomic E-state index is -0.704. The van der Waals surface area contributed by atoms with E-state index in [1.54, 1.807) is 32.1 Å². The molecule has 1 atom stereocenters. The molecule has 1 N–H and O–H groups in total. The summed E-state index contributed by atoms with van der Waals surface area (Å²) in [5.41, 5.74) is 1.96. The second-order valence-electron chi connectivity index (χ2n) is 8.47. The van der Waals surface area contributed by atoms with Gasteiger partial charge >= 0.3 is 5.97 Å². The van der Waals surface area contributed by atoms with Crippen LogP contribution in [-0.2, 0) is 9.53 Å². The van der Waals surface area contributed by atoms with Gasteiger partial charge in [0.2, 0.25) is 0 Å². The van der Waals surface area contributed by atoms with Gasteiger partial charge in [0.25, 0.3) is 5.56 Å². The first-order chi connectivity index (χ1) is 17.2. The van der Waals surface area contributed by atoms with Crippen LogP contribution in [0.5, 0.6) is 17.2 Å². The number of rotatable bonds is 7. The lowest BCUT2D eigenvalue weighted by atomic mass is 9.96. The highest BCUT2D eigenvalue weighted by molar-refractivity contribution is 7.07. The predicted molar refractivity (Wildman–Crippen MR) is 137 cm³/mol. The molecule has 2 aromatic carbocycles. The Morgan fingerprint density at radius 1 is 1.22 bits per heavy atom. The number of fused-ring (bicyclic) bond motifs is 1. The highest BCUT2D eigenvalue weighted by Gasteiger charge is 2.33. The van der Waals surface area contributed by atoms with E-state index in [2.05, 4.69) is 4.99 Å². The minimum absolute atomic E-state index is 0.00991. The summed E-state index contributed by atoms with van der Waals surface area (Å²) >= 11 is 1.23. The van der Waals surface area contributed by atoms with Gasteiger partial charge in [-0.15, -0.1) is 0 Å². The number of ether oxygens (including phenoxy) is 3. The van der Waals surface area contributed by atoms with E-state index in [-0.39, 0.29) is 24.0 Å². The van der Waals surface area contributed by atoms with Gasteiger partial charge in [0, 0.05) is 0 Å². The molecule has 36 heavy (non-hydrogen) atoms. The molecule has 4 rings (SSSR count). The van der Waals surface area contributed by atoms with E-state index < -0.39 is 12.0 Å². The van der Waals surface area contributed by atoms with Gasteiger partial charge in [-0.2, -0.15) is 0 Å². The summed E-state index contributed by atoms with van der Waals surface area (Å²) in [6, 6.07) is 11.5. The molecule has 0 spiro atoms. The van der Waals surface area contributed by atoms with Crippen molar-refractivity contribution in [3.8, 4) is 17.2 Å². The molecule has 2 heterocycles. The van der Waals surface area contributed by atoms with Crippen LogP contribution in [0.1, 0.15) is 44.9 Å². The number of carbonyl (C=O) groups is 1. The molecule has 0 amide bonds. The van der Waals surface area contributed by atoms with Gasteiger partial charge in [-0.25, -0.2) is 9.79 Å². The number of aromatic hydroxyl groups is 1. The first kappa shape index (κ1) is 25.2. The number of hydrogen-bond donors (Lipinski definition) is 1. The van der Waals surface area contributed by atoms with Crippen LogP contribution < -0.4 is 24.4 Å². The third kappa shape index (κ3) is 4.92. The van der Waals surface area contributed by atoms with E-state index in [0.717, 1.165) is 5.56 Å². The van der Waals surface area contributed by atoms with Crippen LogP contribution in [0.15, 0.2) is 63.5 Å². The van der Waals surface area contributed by atoms with E-state index in [0.29, 0.717) is 37.7 Å². The highest BCUT2D eigenvalue weighted by Crippen LogP contribution is 2.32. The summed E-state index contributed by atoms with van der Waals surface area (Å²) in [6.07, 6.45) is 1.73. The van der Waals surface area contributed by atoms with Crippen LogP contribution in [0.2, 0.25) is 0 Å². The number of phenols is 1. The molecule has 1 aliphatic rings. The lowest BCUT2D eigenvalue weighted by Crippen LogP contribution is -2.39. The fraction of sp³-hybridized carbons (Fsp3) is 0.296. The molecule has 0 radical (unpaired) electrons. The molecule has 0 bridgehead atoms. The summed E-state index contributed by atoms with van der Waals surface area (Å²) < 4.78 is 18.2. The van der Waals surface area contributed by atoms with Crippen molar-refractivity contribution in [2.75, 3.05) is 13.7 Å². The Morgan fingerprint density at radius 3 is 2.58 bits per heavy atom. The molecular formula is C27H28N2O6S. The number of nitrogens with zero attached hydrogens (tertiary/aromatic N) is 2. The molecule has 3 aromatic rings. The Balaban J connectivity index is 1.89. The number of phenolic OH excluding ortho intramolecular Hbond substituents is 1. The molecule has 0 fully saturated rings. The van der Waals surface area contributed by atoms with Gasteiger partial charge in [0.15, 0.2) is 16.3 Å². The van der Waals surface area contributed by atoms with Crippen molar-refractivity contribution in [2.24, 2.45) is 4.99 Å². The number of allylic oxidation sites excluding steroid dienone is 1. The monoisotopic (exact) mass is 508 g/mol. The Hall–Kier alpha value is -3.85. The summed E-state index contributed by atoms with van der Waals surface area (Å²) in [5, 5.41) is 9.90. The summed E-state index contributed by atoms with van der Waals surface area (Å²) in [5.74, 6) is 0.499. The molecule has 1 aliphatic heterocycles. The first-order valence-electron chi connectivity index (χ1n) is 11.6. The second-order valence-corrected chi connectivity index (χ2v) is 9.48. The zero-order valence-electron chi connectivity index (χ0n) is 20.8. The number of hydrogen-bond acceptors (Lipinski definition) is 8. The van der Waals surface area contributed by atoms with Gasteiger partial charge in [0.1, 0.15) is 5.75 Å². The molecule has 8 nitrogen and oxygen atoms in total. The van der Waals surface area contributed by atoms with Crippen molar-refractivity contribution in [3.63, 3.8) is 0 Å². The quantitative estimate of drug-likeness (QED) is 0.492. The standard InChI is InChI=1S/C27H28N2O6S/c1-6-34-26(32)23-16(4)28-27-29(24(23)18-8-10-19(11-9-18)35-15(2)3)25(31)22(36-27)14-17-7-12-20(30)21(13-17)33-5/h7-15,24,30H,6H2,1-5H3. The van der Waals surface area contributed by atoms with Gasteiger partial charge in [0.05, 0.1) is 41.7 Å². The zero-order chi connectivity index (χ0) is 26.0. The van der Waals surface area contributed by atoms with Crippen LogP contribution in [0, 0.1) is 0 Å². The van der Waals surface area contributed by atoms with Crippen molar-refractivity contribution >= 4 is 23.4 Å². The maximum atomic E-state index is 13.7. The Labute approximate surface area is 212 Å². The molecule has 1 aromatic heterocycles. The van der Waals surface area contributed by atoms with Crippen molar-refractivity contribution in [1.29, 1.82) is 0 Å². The maximum Gasteiger partial charge on any atom is 0.338 e. The molecule has 188 valence electrons. The van der Waals surface area contributed by atoms with Crippen molar-refractivity contribution < 1.29 is 24.1 Å². The Morgan fingerprint density at radius 2 is 1.94 bits per heavy atom. The summed E-state index contributed by atoms with van der Waals surface area (Å²) in [6.45, 7) is 7.58. The van der Waals surface area contributed by atoms with E-state index >= 15 is 0 Å². The number of benzene rings is 2.